The van der Waals surface area contributed by atoms with Gasteiger partial charge in [-0.3, -0.25) is 10.1 Å². The number of hydrogen-bond acceptors (Lipinski definition) is 5. The predicted octanol–water partition coefficient (Wildman–Crippen LogP) is 2.61. The van der Waals surface area contributed by atoms with Gasteiger partial charge in [-0.15, -0.1) is 0 Å². The minimum absolute atomic E-state index is 0.106. The summed E-state index contributed by atoms with van der Waals surface area (Å²) < 4.78 is 0. The molecule has 7 nitrogen and oxygen atoms in total. The zero-order chi connectivity index (χ0) is 15.4. The van der Waals surface area contributed by atoms with Crippen molar-refractivity contribution < 1.29 is 14.8 Å². The number of aryl methyl sites for hydroxylation is 1. The summed E-state index contributed by atoms with van der Waals surface area (Å²) in [6.45, 7) is 2.34. The van der Waals surface area contributed by atoms with Gasteiger partial charge in [-0.2, -0.15) is 0 Å². The van der Waals surface area contributed by atoms with Crippen LogP contribution in [-0.4, -0.2) is 21.0 Å². The molecule has 0 unspecified atom stereocenters. The second kappa shape index (κ2) is 6.00. The van der Waals surface area contributed by atoms with Crippen LogP contribution >= 0.6 is 0 Å². The van der Waals surface area contributed by atoms with Gasteiger partial charge in [-0.1, -0.05) is 29.8 Å². The average molecular weight is 287 g/mol. The van der Waals surface area contributed by atoms with Crippen LogP contribution < -0.4 is 5.32 Å². The number of anilines is 1. The number of nitrogens with one attached hydrogen (secondary N) is 1. The number of nitro groups is 1. The zero-order valence-electron chi connectivity index (χ0n) is 11.2. The fourth-order valence-electron chi connectivity index (χ4n) is 1.87. The normalized spacial score (nSPS) is 10.1. The summed E-state index contributed by atoms with van der Waals surface area (Å²) in [5.41, 5.74) is 1.47. The molecule has 0 aliphatic heterocycles. The summed E-state index contributed by atoms with van der Waals surface area (Å²) in [7, 11) is 0. The summed E-state index contributed by atoms with van der Waals surface area (Å²) >= 11 is 0. The quantitative estimate of drug-likeness (QED) is 0.646. The Morgan fingerprint density at radius 3 is 2.81 bits per heavy atom. The summed E-state index contributed by atoms with van der Waals surface area (Å²) in [6.07, 6.45) is 1.03. The number of carboxylic acids is 1. The van der Waals surface area contributed by atoms with Gasteiger partial charge >= 0.3 is 5.97 Å². The lowest BCUT2D eigenvalue weighted by Gasteiger charge is -2.09. The minimum Gasteiger partial charge on any atom is -0.478 e. The fourth-order valence-corrected chi connectivity index (χ4v) is 1.87. The number of benzene rings is 1. The first kappa shape index (κ1) is 14.4. The maximum Gasteiger partial charge on any atom is 0.339 e. The van der Waals surface area contributed by atoms with Crippen molar-refractivity contribution in [2.45, 2.75) is 13.5 Å². The van der Waals surface area contributed by atoms with Crippen LogP contribution in [0.25, 0.3) is 0 Å². The van der Waals surface area contributed by atoms with Gasteiger partial charge < -0.3 is 10.4 Å². The van der Waals surface area contributed by atoms with Crippen molar-refractivity contribution in [3.63, 3.8) is 0 Å². The van der Waals surface area contributed by atoms with Crippen molar-refractivity contribution in [1.29, 1.82) is 0 Å². The van der Waals surface area contributed by atoms with Gasteiger partial charge in [0.25, 0.3) is 5.69 Å². The molecular formula is C14H13N3O4. The Bertz CT molecular complexity index is 700. The summed E-state index contributed by atoms with van der Waals surface area (Å²) in [5.74, 6) is -1.16. The van der Waals surface area contributed by atoms with E-state index in [4.69, 9.17) is 5.11 Å². The topological polar surface area (TPSA) is 105 Å². The Labute approximate surface area is 120 Å². The minimum atomic E-state index is -1.27. The largest absolute Gasteiger partial charge is 0.478 e. The van der Waals surface area contributed by atoms with Gasteiger partial charge in [0.2, 0.25) is 0 Å². The highest BCUT2D eigenvalue weighted by Gasteiger charge is 2.17. The highest BCUT2D eigenvalue weighted by atomic mass is 16.6. The maximum absolute atomic E-state index is 11.2. The highest BCUT2D eigenvalue weighted by molar-refractivity contribution is 5.93. The third-order valence-corrected chi connectivity index (χ3v) is 2.86. The van der Waals surface area contributed by atoms with Crippen LogP contribution in [0.3, 0.4) is 0 Å². The summed E-state index contributed by atoms with van der Waals surface area (Å²) in [6, 6.07) is 8.70. The molecule has 0 bridgehead atoms. The molecule has 0 aliphatic rings. The Morgan fingerprint density at radius 2 is 2.19 bits per heavy atom. The van der Waals surface area contributed by atoms with Gasteiger partial charge in [0, 0.05) is 12.6 Å². The fraction of sp³-hybridized carbons (Fsp3) is 0.143. The van der Waals surface area contributed by atoms with E-state index in [2.05, 4.69) is 10.3 Å². The Morgan fingerprint density at radius 1 is 1.43 bits per heavy atom. The first-order valence-corrected chi connectivity index (χ1v) is 6.14. The van der Waals surface area contributed by atoms with Gasteiger partial charge in [0.15, 0.2) is 0 Å². The Hall–Kier alpha value is -2.96. The molecule has 0 spiro atoms. The summed E-state index contributed by atoms with van der Waals surface area (Å²) in [4.78, 5) is 25.0. The van der Waals surface area contributed by atoms with Crippen molar-refractivity contribution in [2.24, 2.45) is 0 Å². The maximum atomic E-state index is 11.2. The molecule has 1 heterocycles. The molecule has 1 aromatic carbocycles. The molecule has 0 saturated heterocycles. The number of rotatable bonds is 5. The van der Waals surface area contributed by atoms with Gasteiger partial charge in [-0.25, -0.2) is 9.78 Å². The van der Waals surface area contributed by atoms with Crippen LogP contribution in [0.15, 0.2) is 36.5 Å². The second-order valence-corrected chi connectivity index (χ2v) is 4.49. The monoisotopic (exact) mass is 287 g/mol. The molecule has 2 aromatic rings. The molecule has 108 valence electrons. The van der Waals surface area contributed by atoms with E-state index in [1.165, 1.54) is 0 Å². The smallest absolute Gasteiger partial charge is 0.339 e. The van der Waals surface area contributed by atoms with Gasteiger partial charge in [0.05, 0.1) is 4.92 Å². The molecule has 7 heteroatoms. The Kier molecular flexibility index (Phi) is 4.13. The standard InChI is InChI=1S/C14H13N3O4/c1-9-3-2-4-10(5-9)7-15-13-12(14(18)19)6-11(8-16-13)17(20)21/h2-6,8H,7H2,1H3,(H,15,16)(H,18,19). The lowest BCUT2D eigenvalue weighted by molar-refractivity contribution is -0.385. The molecular weight excluding hydrogens is 274 g/mol. The average Bonchev–Trinajstić information content (AvgIpc) is 2.44. The molecule has 2 rings (SSSR count). The third-order valence-electron chi connectivity index (χ3n) is 2.86. The molecule has 0 radical (unpaired) electrons. The zero-order valence-corrected chi connectivity index (χ0v) is 11.2. The van der Waals surface area contributed by atoms with Crippen molar-refractivity contribution in [2.75, 3.05) is 5.32 Å². The summed E-state index contributed by atoms with van der Waals surface area (Å²) in [5, 5.41) is 22.7. The number of carboxylic acid groups (broad SMARTS) is 1. The van der Waals surface area contributed by atoms with E-state index < -0.39 is 10.9 Å². The van der Waals surface area contributed by atoms with Crippen LogP contribution in [0, 0.1) is 17.0 Å². The number of aromatic nitrogens is 1. The molecule has 1 aromatic heterocycles. The molecule has 2 N–H and O–H groups in total. The lowest BCUT2D eigenvalue weighted by atomic mass is 10.1. The van der Waals surface area contributed by atoms with E-state index in [0.29, 0.717) is 6.54 Å². The van der Waals surface area contributed by atoms with Crippen molar-refractivity contribution in [1.82, 2.24) is 4.98 Å². The molecule has 0 atom stereocenters. The second-order valence-electron chi connectivity index (χ2n) is 4.49. The van der Waals surface area contributed by atoms with Crippen LogP contribution in [0.1, 0.15) is 21.5 Å². The van der Waals surface area contributed by atoms with Crippen LogP contribution in [0.2, 0.25) is 0 Å². The van der Waals surface area contributed by atoms with E-state index in [0.717, 1.165) is 23.4 Å². The van der Waals surface area contributed by atoms with Gasteiger partial charge in [-0.05, 0) is 12.5 Å². The molecule has 0 aliphatic carbocycles. The van der Waals surface area contributed by atoms with Crippen LogP contribution in [-0.2, 0) is 6.54 Å². The van der Waals surface area contributed by atoms with E-state index >= 15 is 0 Å². The highest BCUT2D eigenvalue weighted by Crippen LogP contribution is 2.20. The first-order chi connectivity index (χ1) is 9.97. The third kappa shape index (κ3) is 3.53. The molecule has 21 heavy (non-hydrogen) atoms. The van der Waals surface area contributed by atoms with E-state index in [-0.39, 0.29) is 17.1 Å². The van der Waals surface area contributed by atoms with Crippen molar-refractivity contribution in [3.8, 4) is 0 Å². The van der Waals surface area contributed by atoms with E-state index in [1.807, 2.05) is 31.2 Å². The number of carbonyl (C=O) groups is 1. The first-order valence-electron chi connectivity index (χ1n) is 6.14. The van der Waals surface area contributed by atoms with E-state index in [1.54, 1.807) is 0 Å². The van der Waals surface area contributed by atoms with Crippen LogP contribution in [0.4, 0.5) is 11.5 Å². The number of aromatic carboxylic acids is 1. The van der Waals surface area contributed by atoms with Crippen molar-refractivity contribution >= 4 is 17.5 Å². The van der Waals surface area contributed by atoms with Crippen LogP contribution in [0.5, 0.6) is 0 Å². The van der Waals surface area contributed by atoms with Gasteiger partial charge in [0.1, 0.15) is 17.6 Å². The SMILES string of the molecule is Cc1cccc(CNc2ncc([N+](=O)[O-])cc2C(=O)O)c1. The molecule has 0 amide bonds. The predicted molar refractivity (Wildman–Crippen MR) is 76.4 cm³/mol. The molecule has 0 fully saturated rings. The number of pyridine rings is 1. The molecule has 0 saturated carbocycles. The van der Waals surface area contributed by atoms with E-state index in [9.17, 15) is 14.9 Å². The number of hydrogen-bond donors (Lipinski definition) is 2. The van der Waals surface area contributed by atoms with Crippen molar-refractivity contribution in [3.05, 3.63) is 63.3 Å². The Balaban J connectivity index is 2.23. The number of nitrogens with zero attached hydrogens (tertiary/aromatic N) is 2. The lowest BCUT2D eigenvalue weighted by Crippen LogP contribution is -2.09.